The van der Waals surface area contributed by atoms with Crippen LogP contribution in [0.5, 0.6) is 0 Å². The third-order valence-electron chi connectivity index (χ3n) is 3.32. The summed E-state index contributed by atoms with van der Waals surface area (Å²) in [5, 5.41) is 0. The number of hydrogen-bond donors (Lipinski definition) is 1. The van der Waals surface area contributed by atoms with Crippen molar-refractivity contribution in [3.05, 3.63) is 35.4 Å². The predicted octanol–water partition coefficient (Wildman–Crippen LogP) is 1.95. The van der Waals surface area contributed by atoms with Crippen molar-refractivity contribution in [2.24, 2.45) is 5.73 Å². The molecule has 2 rings (SSSR count). The van der Waals surface area contributed by atoms with Crippen molar-refractivity contribution < 1.29 is 0 Å². The molecule has 0 amide bonds. The summed E-state index contributed by atoms with van der Waals surface area (Å²) in [7, 11) is 2.21. The Bertz CT molecular complexity index is 305. The van der Waals surface area contributed by atoms with Crippen LogP contribution in [0.1, 0.15) is 30.0 Å². The quantitative estimate of drug-likeness (QED) is 0.815. The van der Waals surface area contributed by atoms with Crippen LogP contribution in [-0.2, 0) is 6.42 Å². The first-order chi connectivity index (χ1) is 7.31. The van der Waals surface area contributed by atoms with Crippen molar-refractivity contribution in [3.8, 4) is 0 Å². The van der Waals surface area contributed by atoms with Gasteiger partial charge < -0.3 is 5.73 Å². The monoisotopic (exact) mass is 204 g/mol. The molecule has 15 heavy (non-hydrogen) atoms. The van der Waals surface area contributed by atoms with Crippen LogP contribution in [0, 0.1) is 0 Å². The molecular formula is C13H20N2. The van der Waals surface area contributed by atoms with E-state index in [1.54, 1.807) is 0 Å². The van der Waals surface area contributed by atoms with Gasteiger partial charge in [-0.25, -0.2) is 0 Å². The van der Waals surface area contributed by atoms with E-state index in [1.807, 2.05) is 0 Å². The molecular weight excluding hydrogens is 184 g/mol. The zero-order valence-electron chi connectivity index (χ0n) is 9.45. The van der Waals surface area contributed by atoms with Gasteiger partial charge in [0.25, 0.3) is 0 Å². The minimum Gasteiger partial charge on any atom is -0.330 e. The molecule has 82 valence electrons. The summed E-state index contributed by atoms with van der Waals surface area (Å²) in [5.74, 6) is 0. The highest BCUT2D eigenvalue weighted by Crippen LogP contribution is 2.30. The van der Waals surface area contributed by atoms with E-state index in [0.29, 0.717) is 6.04 Å². The second-order valence-electron chi connectivity index (χ2n) is 4.42. The smallest absolute Gasteiger partial charge is 0.0345 e. The standard InChI is InChI=1S/C13H20N2/c1-15-10-2-3-13(15)12-6-4-11(5-7-12)8-9-14/h4-7,13H,2-3,8-10,14H2,1H3. The van der Waals surface area contributed by atoms with E-state index in [0.717, 1.165) is 13.0 Å². The summed E-state index contributed by atoms with van der Waals surface area (Å²) in [6.45, 7) is 1.97. The predicted molar refractivity (Wildman–Crippen MR) is 63.8 cm³/mol. The Morgan fingerprint density at radius 3 is 2.60 bits per heavy atom. The van der Waals surface area contributed by atoms with Crippen molar-refractivity contribution in [1.29, 1.82) is 0 Å². The maximum absolute atomic E-state index is 5.53. The molecule has 0 radical (unpaired) electrons. The van der Waals surface area contributed by atoms with E-state index < -0.39 is 0 Å². The van der Waals surface area contributed by atoms with E-state index >= 15 is 0 Å². The summed E-state index contributed by atoms with van der Waals surface area (Å²) >= 11 is 0. The van der Waals surface area contributed by atoms with Gasteiger partial charge in [-0.05, 0) is 50.5 Å². The third kappa shape index (κ3) is 2.39. The zero-order valence-corrected chi connectivity index (χ0v) is 9.45. The van der Waals surface area contributed by atoms with E-state index in [2.05, 4.69) is 36.2 Å². The van der Waals surface area contributed by atoms with Gasteiger partial charge in [-0.3, -0.25) is 4.90 Å². The molecule has 1 heterocycles. The van der Waals surface area contributed by atoms with Gasteiger partial charge in [-0.2, -0.15) is 0 Å². The molecule has 0 bridgehead atoms. The molecule has 1 unspecified atom stereocenters. The molecule has 1 aliphatic heterocycles. The lowest BCUT2D eigenvalue weighted by molar-refractivity contribution is 0.317. The van der Waals surface area contributed by atoms with Crippen LogP contribution in [-0.4, -0.2) is 25.0 Å². The first kappa shape index (κ1) is 10.7. The molecule has 2 heteroatoms. The number of nitrogens with zero attached hydrogens (tertiary/aromatic N) is 1. The molecule has 2 nitrogen and oxygen atoms in total. The molecule has 0 spiro atoms. The van der Waals surface area contributed by atoms with Crippen LogP contribution in [0.4, 0.5) is 0 Å². The molecule has 0 saturated carbocycles. The minimum absolute atomic E-state index is 0.636. The van der Waals surface area contributed by atoms with Crippen molar-refractivity contribution >= 4 is 0 Å². The lowest BCUT2D eigenvalue weighted by atomic mass is 10.0. The van der Waals surface area contributed by atoms with Gasteiger partial charge in [-0.1, -0.05) is 24.3 Å². The summed E-state index contributed by atoms with van der Waals surface area (Å²) in [4.78, 5) is 2.44. The fourth-order valence-electron chi connectivity index (χ4n) is 2.40. The van der Waals surface area contributed by atoms with Gasteiger partial charge in [0.15, 0.2) is 0 Å². The number of likely N-dealkylation sites (tertiary alicyclic amines) is 1. The summed E-state index contributed by atoms with van der Waals surface area (Å²) in [6, 6.07) is 9.59. The second-order valence-corrected chi connectivity index (χ2v) is 4.42. The molecule has 2 N–H and O–H groups in total. The highest BCUT2D eigenvalue weighted by atomic mass is 15.1. The first-order valence-electron chi connectivity index (χ1n) is 5.80. The minimum atomic E-state index is 0.636. The largest absolute Gasteiger partial charge is 0.330 e. The van der Waals surface area contributed by atoms with Crippen LogP contribution in [0.15, 0.2) is 24.3 Å². The number of hydrogen-bond acceptors (Lipinski definition) is 2. The molecule has 1 saturated heterocycles. The Kier molecular flexibility index (Phi) is 3.39. The van der Waals surface area contributed by atoms with Gasteiger partial charge in [0, 0.05) is 6.04 Å². The van der Waals surface area contributed by atoms with Crippen LogP contribution in [0.3, 0.4) is 0 Å². The number of rotatable bonds is 3. The fraction of sp³-hybridized carbons (Fsp3) is 0.538. The Hall–Kier alpha value is -0.860. The van der Waals surface area contributed by atoms with Crippen molar-refractivity contribution in [3.63, 3.8) is 0 Å². The first-order valence-corrected chi connectivity index (χ1v) is 5.80. The lowest BCUT2D eigenvalue weighted by Crippen LogP contribution is -2.17. The number of benzene rings is 1. The average molecular weight is 204 g/mol. The van der Waals surface area contributed by atoms with Gasteiger partial charge in [0.1, 0.15) is 0 Å². The van der Waals surface area contributed by atoms with E-state index in [9.17, 15) is 0 Å². The number of nitrogens with two attached hydrogens (primary N) is 1. The average Bonchev–Trinajstić information content (AvgIpc) is 2.66. The lowest BCUT2D eigenvalue weighted by Gasteiger charge is -2.19. The highest BCUT2D eigenvalue weighted by molar-refractivity contribution is 5.25. The molecule has 1 fully saturated rings. The Balaban J connectivity index is 2.09. The van der Waals surface area contributed by atoms with Crippen LogP contribution in [0.2, 0.25) is 0 Å². The second kappa shape index (κ2) is 4.77. The topological polar surface area (TPSA) is 29.3 Å². The molecule has 1 aromatic carbocycles. The van der Waals surface area contributed by atoms with Gasteiger partial charge >= 0.3 is 0 Å². The summed E-state index contributed by atoms with van der Waals surface area (Å²) in [5.41, 5.74) is 8.34. The van der Waals surface area contributed by atoms with E-state index in [-0.39, 0.29) is 0 Å². The Labute approximate surface area is 92.1 Å². The third-order valence-corrected chi connectivity index (χ3v) is 3.32. The van der Waals surface area contributed by atoms with Gasteiger partial charge in [0.2, 0.25) is 0 Å². The summed E-state index contributed by atoms with van der Waals surface area (Å²) < 4.78 is 0. The van der Waals surface area contributed by atoms with E-state index in [4.69, 9.17) is 5.73 Å². The van der Waals surface area contributed by atoms with Crippen LogP contribution < -0.4 is 5.73 Å². The van der Waals surface area contributed by atoms with Gasteiger partial charge in [0.05, 0.1) is 0 Å². The fourth-order valence-corrected chi connectivity index (χ4v) is 2.40. The van der Waals surface area contributed by atoms with Crippen LogP contribution >= 0.6 is 0 Å². The van der Waals surface area contributed by atoms with Crippen LogP contribution in [0.25, 0.3) is 0 Å². The Morgan fingerprint density at radius 2 is 2.07 bits per heavy atom. The molecule has 1 aliphatic rings. The highest BCUT2D eigenvalue weighted by Gasteiger charge is 2.21. The molecule has 1 aromatic rings. The van der Waals surface area contributed by atoms with Crippen molar-refractivity contribution in [1.82, 2.24) is 4.90 Å². The molecule has 0 aromatic heterocycles. The van der Waals surface area contributed by atoms with Gasteiger partial charge in [-0.15, -0.1) is 0 Å². The summed E-state index contributed by atoms with van der Waals surface area (Å²) in [6.07, 6.45) is 3.61. The van der Waals surface area contributed by atoms with Crippen molar-refractivity contribution in [2.75, 3.05) is 20.1 Å². The van der Waals surface area contributed by atoms with E-state index in [1.165, 1.54) is 30.5 Å². The Morgan fingerprint density at radius 1 is 1.33 bits per heavy atom. The normalized spacial score (nSPS) is 22.1. The zero-order chi connectivity index (χ0) is 10.7. The SMILES string of the molecule is CN1CCCC1c1ccc(CCN)cc1. The maximum atomic E-state index is 5.53. The molecule has 1 atom stereocenters. The maximum Gasteiger partial charge on any atom is 0.0345 e. The molecule has 0 aliphatic carbocycles. The van der Waals surface area contributed by atoms with Crippen molar-refractivity contribution in [2.45, 2.75) is 25.3 Å².